The predicted molar refractivity (Wildman–Crippen MR) is 83.4 cm³/mol. The summed E-state index contributed by atoms with van der Waals surface area (Å²) in [6.45, 7) is 7.97. The van der Waals surface area contributed by atoms with E-state index in [1.54, 1.807) is 17.9 Å². The van der Waals surface area contributed by atoms with Gasteiger partial charge in [0.2, 0.25) is 5.91 Å². The van der Waals surface area contributed by atoms with Crippen molar-refractivity contribution in [1.29, 1.82) is 0 Å². The molecule has 1 amide bonds. The predicted octanol–water partition coefficient (Wildman–Crippen LogP) is 1.97. The first-order valence-corrected chi connectivity index (χ1v) is 6.89. The number of rotatable bonds is 8. The van der Waals surface area contributed by atoms with Crippen molar-refractivity contribution >= 4 is 17.6 Å². The summed E-state index contributed by atoms with van der Waals surface area (Å²) in [7, 11) is 0. The number of carbonyl (C=O) groups excluding carboxylic acids is 1. The number of aliphatic carboxylic acids is 1. The van der Waals surface area contributed by atoms with Gasteiger partial charge in [-0.05, 0) is 26.0 Å². The van der Waals surface area contributed by atoms with Crippen molar-refractivity contribution in [1.82, 2.24) is 5.32 Å². The Bertz CT molecular complexity index is 497. The standard InChI is InChI=1S/C16H22N2O3/c1-4-10-17-16(21)13(3)18(11-9-15(19)20)14-7-5-12(2)6-8-14/h4-8,13H,1,9-11H2,2-3H3,(H,17,21)(H,19,20). The quantitative estimate of drug-likeness (QED) is 0.718. The molecule has 0 radical (unpaired) electrons. The summed E-state index contributed by atoms with van der Waals surface area (Å²) in [6.07, 6.45) is 1.59. The highest BCUT2D eigenvalue weighted by Gasteiger charge is 2.21. The van der Waals surface area contributed by atoms with Gasteiger partial charge in [0.1, 0.15) is 6.04 Å². The van der Waals surface area contributed by atoms with Crippen molar-refractivity contribution in [2.24, 2.45) is 0 Å². The summed E-state index contributed by atoms with van der Waals surface area (Å²) in [5, 5.41) is 11.6. The van der Waals surface area contributed by atoms with Crippen LogP contribution in [0.4, 0.5) is 5.69 Å². The number of benzene rings is 1. The highest BCUT2D eigenvalue weighted by Crippen LogP contribution is 2.18. The minimum Gasteiger partial charge on any atom is -0.481 e. The second-order valence-electron chi connectivity index (χ2n) is 4.88. The summed E-state index contributed by atoms with van der Waals surface area (Å²) in [5.41, 5.74) is 1.95. The molecule has 0 bridgehead atoms. The first kappa shape index (κ1) is 16.8. The molecule has 5 nitrogen and oxygen atoms in total. The number of nitrogens with one attached hydrogen (secondary N) is 1. The van der Waals surface area contributed by atoms with Crippen LogP contribution in [-0.2, 0) is 9.59 Å². The summed E-state index contributed by atoms with van der Waals surface area (Å²) in [4.78, 5) is 24.7. The normalized spacial score (nSPS) is 11.5. The fraction of sp³-hybridized carbons (Fsp3) is 0.375. The first-order chi connectivity index (χ1) is 9.95. The molecule has 0 saturated carbocycles. The lowest BCUT2D eigenvalue weighted by Gasteiger charge is -2.30. The molecule has 2 N–H and O–H groups in total. The van der Waals surface area contributed by atoms with E-state index in [4.69, 9.17) is 5.11 Å². The molecule has 114 valence electrons. The van der Waals surface area contributed by atoms with Crippen LogP contribution < -0.4 is 10.2 Å². The zero-order chi connectivity index (χ0) is 15.8. The second-order valence-corrected chi connectivity index (χ2v) is 4.88. The van der Waals surface area contributed by atoms with Crippen LogP contribution in [0.15, 0.2) is 36.9 Å². The fourth-order valence-corrected chi connectivity index (χ4v) is 1.96. The molecule has 0 heterocycles. The molecular weight excluding hydrogens is 268 g/mol. The van der Waals surface area contributed by atoms with E-state index in [9.17, 15) is 9.59 Å². The Kier molecular flexibility index (Phi) is 6.46. The summed E-state index contributed by atoms with van der Waals surface area (Å²) < 4.78 is 0. The van der Waals surface area contributed by atoms with Crippen LogP contribution >= 0.6 is 0 Å². The van der Waals surface area contributed by atoms with Crippen LogP contribution in [0, 0.1) is 6.92 Å². The van der Waals surface area contributed by atoms with Crippen molar-refractivity contribution in [2.45, 2.75) is 26.3 Å². The van der Waals surface area contributed by atoms with Gasteiger partial charge in [0.05, 0.1) is 6.42 Å². The number of hydrogen-bond donors (Lipinski definition) is 2. The number of aryl methyl sites for hydroxylation is 1. The van der Waals surface area contributed by atoms with E-state index in [2.05, 4.69) is 11.9 Å². The molecule has 0 fully saturated rings. The fourth-order valence-electron chi connectivity index (χ4n) is 1.96. The van der Waals surface area contributed by atoms with E-state index in [1.807, 2.05) is 31.2 Å². The second kappa shape index (κ2) is 8.09. The lowest BCUT2D eigenvalue weighted by molar-refractivity contribution is -0.137. The number of anilines is 1. The van der Waals surface area contributed by atoms with Crippen LogP contribution in [0.2, 0.25) is 0 Å². The lowest BCUT2D eigenvalue weighted by atomic mass is 10.1. The van der Waals surface area contributed by atoms with Crippen LogP contribution in [0.5, 0.6) is 0 Å². The summed E-state index contributed by atoms with van der Waals surface area (Å²) in [5.74, 6) is -1.04. The average Bonchev–Trinajstić information content (AvgIpc) is 2.46. The molecule has 0 aromatic heterocycles. The van der Waals surface area contributed by atoms with Gasteiger partial charge >= 0.3 is 5.97 Å². The van der Waals surface area contributed by atoms with Crippen LogP contribution in [-0.4, -0.2) is 36.1 Å². The van der Waals surface area contributed by atoms with Gasteiger partial charge < -0.3 is 15.3 Å². The molecule has 1 atom stereocenters. The van der Waals surface area contributed by atoms with Crippen LogP contribution in [0.25, 0.3) is 0 Å². The van der Waals surface area contributed by atoms with Gasteiger partial charge in [-0.25, -0.2) is 0 Å². The minimum absolute atomic E-state index is 0.0209. The Balaban J connectivity index is 2.89. The average molecular weight is 290 g/mol. The summed E-state index contributed by atoms with van der Waals surface area (Å²) in [6, 6.07) is 7.23. The van der Waals surface area contributed by atoms with E-state index >= 15 is 0 Å². The van der Waals surface area contributed by atoms with E-state index in [1.165, 1.54) is 0 Å². The highest BCUT2D eigenvalue weighted by molar-refractivity contribution is 5.85. The van der Waals surface area contributed by atoms with Crippen molar-refractivity contribution in [3.05, 3.63) is 42.5 Å². The maximum atomic E-state index is 12.1. The van der Waals surface area contributed by atoms with E-state index in [-0.39, 0.29) is 18.9 Å². The topological polar surface area (TPSA) is 69.6 Å². The molecular formula is C16H22N2O3. The van der Waals surface area contributed by atoms with Gasteiger partial charge in [-0.3, -0.25) is 9.59 Å². The minimum atomic E-state index is -0.884. The van der Waals surface area contributed by atoms with Gasteiger partial charge in [0.15, 0.2) is 0 Å². The molecule has 5 heteroatoms. The molecule has 1 aromatic rings. The van der Waals surface area contributed by atoms with Crippen molar-refractivity contribution in [3.63, 3.8) is 0 Å². The van der Waals surface area contributed by atoms with E-state index in [0.717, 1.165) is 11.3 Å². The third-order valence-electron chi connectivity index (χ3n) is 3.20. The third kappa shape index (κ3) is 5.30. The van der Waals surface area contributed by atoms with E-state index < -0.39 is 12.0 Å². The molecule has 0 aliphatic rings. The van der Waals surface area contributed by atoms with E-state index in [0.29, 0.717) is 6.54 Å². The molecule has 0 aliphatic carbocycles. The maximum absolute atomic E-state index is 12.1. The molecule has 1 unspecified atom stereocenters. The van der Waals surface area contributed by atoms with Gasteiger partial charge in [0.25, 0.3) is 0 Å². The third-order valence-corrected chi connectivity index (χ3v) is 3.20. The Morgan fingerprint density at radius 1 is 1.38 bits per heavy atom. The Hall–Kier alpha value is -2.30. The van der Waals surface area contributed by atoms with Crippen molar-refractivity contribution in [2.75, 3.05) is 18.0 Å². The molecule has 0 saturated heterocycles. The number of carbonyl (C=O) groups is 2. The zero-order valence-electron chi connectivity index (χ0n) is 12.5. The monoisotopic (exact) mass is 290 g/mol. The van der Waals surface area contributed by atoms with Gasteiger partial charge in [-0.1, -0.05) is 23.8 Å². The number of nitrogens with zero attached hydrogens (tertiary/aromatic N) is 1. The van der Waals surface area contributed by atoms with Crippen molar-refractivity contribution < 1.29 is 14.7 Å². The number of amides is 1. The Morgan fingerprint density at radius 2 is 2.00 bits per heavy atom. The van der Waals surface area contributed by atoms with Gasteiger partial charge in [0, 0.05) is 18.8 Å². The Labute approximate surface area is 125 Å². The highest BCUT2D eigenvalue weighted by atomic mass is 16.4. The number of hydrogen-bond acceptors (Lipinski definition) is 3. The summed E-state index contributed by atoms with van der Waals surface area (Å²) >= 11 is 0. The molecule has 1 rings (SSSR count). The van der Waals surface area contributed by atoms with Crippen LogP contribution in [0.3, 0.4) is 0 Å². The first-order valence-electron chi connectivity index (χ1n) is 6.89. The van der Waals surface area contributed by atoms with Crippen molar-refractivity contribution in [3.8, 4) is 0 Å². The molecule has 21 heavy (non-hydrogen) atoms. The molecule has 0 aliphatic heterocycles. The van der Waals surface area contributed by atoms with Gasteiger partial charge in [-0.15, -0.1) is 6.58 Å². The number of carboxylic acid groups (broad SMARTS) is 1. The molecule has 1 aromatic carbocycles. The smallest absolute Gasteiger partial charge is 0.305 e. The Morgan fingerprint density at radius 3 is 2.52 bits per heavy atom. The SMILES string of the molecule is C=CCNC(=O)C(C)N(CCC(=O)O)c1ccc(C)cc1. The van der Waals surface area contributed by atoms with Crippen LogP contribution in [0.1, 0.15) is 18.9 Å². The lowest BCUT2D eigenvalue weighted by Crippen LogP contribution is -2.46. The maximum Gasteiger partial charge on any atom is 0.305 e. The van der Waals surface area contributed by atoms with Gasteiger partial charge in [-0.2, -0.15) is 0 Å². The molecule has 0 spiro atoms. The largest absolute Gasteiger partial charge is 0.481 e. The number of carboxylic acids is 1. The zero-order valence-corrected chi connectivity index (χ0v) is 12.5.